The number of aromatic carboxylic acids is 1. The molecule has 0 spiro atoms. The molecule has 3 aromatic rings. The summed E-state index contributed by atoms with van der Waals surface area (Å²) in [6, 6.07) is 12.7. The van der Waals surface area contributed by atoms with Crippen LogP contribution < -0.4 is 10.2 Å². The molecule has 0 aliphatic heterocycles. The number of rotatable bonds is 3. The number of carboxylic acid groups (broad SMARTS) is 1. The molecule has 5 nitrogen and oxygen atoms in total. The molecule has 22 heavy (non-hydrogen) atoms. The highest BCUT2D eigenvalue weighted by Gasteiger charge is 2.16. The quantitative estimate of drug-likeness (QED) is 0.803. The van der Waals surface area contributed by atoms with Crippen molar-refractivity contribution in [2.24, 2.45) is 0 Å². The Morgan fingerprint density at radius 3 is 2.64 bits per heavy atom. The molecule has 0 saturated carbocycles. The van der Waals surface area contributed by atoms with Crippen LogP contribution in [-0.4, -0.2) is 18.2 Å². The summed E-state index contributed by atoms with van der Waals surface area (Å²) in [5.41, 5.74) is 0.501. The predicted octanol–water partition coefficient (Wildman–Crippen LogP) is 3.17. The van der Waals surface area contributed by atoms with E-state index in [-0.39, 0.29) is 16.8 Å². The third-order valence-corrected chi connectivity index (χ3v) is 3.36. The predicted molar refractivity (Wildman–Crippen MR) is 81.4 cm³/mol. The summed E-state index contributed by atoms with van der Waals surface area (Å²) in [4.78, 5) is 23.7. The highest BCUT2D eigenvalue weighted by molar-refractivity contribution is 5.95. The fraction of sp³-hybridized carbons (Fsp3) is 0.0588. The Labute approximate surface area is 125 Å². The number of ether oxygens (including phenoxy) is 1. The number of fused-ring (bicyclic) bond motifs is 1. The van der Waals surface area contributed by atoms with Gasteiger partial charge in [0.15, 0.2) is 5.43 Å². The standard InChI is InChI=1S/C17H12O5/c1-21-13-7-4-8-14-16(13)12(18)9-15(22-14)10-5-2-3-6-11(10)17(19)20/h2-9H,1H3,(H,19,20). The molecule has 0 aliphatic carbocycles. The minimum Gasteiger partial charge on any atom is -0.496 e. The van der Waals surface area contributed by atoms with Crippen molar-refractivity contribution in [1.29, 1.82) is 0 Å². The summed E-state index contributed by atoms with van der Waals surface area (Å²) in [6.45, 7) is 0. The van der Waals surface area contributed by atoms with Gasteiger partial charge in [0.25, 0.3) is 0 Å². The van der Waals surface area contributed by atoms with Gasteiger partial charge in [0.05, 0.1) is 12.7 Å². The van der Waals surface area contributed by atoms with E-state index < -0.39 is 5.97 Å². The van der Waals surface area contributed by atoms with Gasteiger partial charge in [-0.15, -0.1) is 0 Å². The summed E-state index contributed by atoms with van der Waals surface area (Å²) in [5.74, 6) is -0.447. The van der Waals surface area contributed by atoms with Gasteiger partial charge < -0.3 is 14.3 Å². The van der Waals surface area contributed by atoms with Crippen LogP contribution >= 0.6 is 0 Å². The first kappa shape index (κ1) is 13.9. The van der Waals surface area contributed by atoms with Gasteiger partial charge in [-0.1, -0.05) is 24.3 Å². The molecular formula is C17H12O5. The largest absolute Gasteiger partial charge is 0.496 e. The Balaban J connectivity index is 2.31. The van der Waals surface area contributed by atoms with Crippen molar-refractivity contribution in [3.63, 3.8) is 0 Å². The smallest absolute Gasteiger partial charge is 0.336 e. The molecule has 0 unspecified atom stereocenters. The molecule has 0 bridgehead atoms. The van der Waals surface area contributed by atoms with Gasteiger partial charge in [0, 0.05) is 11.6 Å². The van der Waals surface area contributed by atoms with Crippen LogP contribution in [0.15, 0.2) is 57.7 Å². The average Bonchev–Trinajstić information content (AvgIpc) is 2.54. The highest BCUT2D eigenvalue weighted by Crippen LogP contribution is 2.28. The Hall–Kier alpha value is -3.08. The molecule has 0 saturated heterocycles. The van der Waals surface area contributed by atoms with Crippen molar-refractivity contribution >= 4 is 16.9 Å². The van der Waals surface area contributed by atoms with Crippen LogP contribution in [0, 0.1) is 0 Å². The number of carbonyl (C=O) groups is 1. The van der Waals surface area contributed by atoms with Crippen molar-refractivity contribution < 1.29 is 19.1 Å². The number of benzene rings is 2. The topological polar surface area (TPSA) is 76.7 Å². The lowest BCUT2D eigenvalue weighted by atomic mass is 10.0. The van der Waals surface area contributed by atoms with Crippen LogP contribution in [0.3, 0.4) is 0 Å². The van der Waals surface area contributed by atoms with Crippen LogP contribution in [0.25, 0.3) is 22.3 Å². The summed E-state index contributed by atoms with van der Waals surface area (Å²) in [5, 5.41) is 9.59. The minimum atomic E-state index is -1.08. The third kappa shape index (κ3) is 2.22. The van der Waals surface area contributed by atoms with Crippen molar-refractivity contribution in [3.05, 3.63) is 64.3 Å². The molecule has 5 heteroatoms. The second-order valence-corrected chi connectivity index (χ2v) is 4.66. The van der Waals surface area contributed by atoms with Crippen molar-refractivity contribution in [2.45, 2.75) is 0 Å². The van der Waals surface area contributed by atoms with Gasteiger partial charge in [0.1, 0.15) is 22.5 Å². The molecule has 110 valence electrons. The van der Waals surface area contributed by atoms with Crippen LogP contribution in [0.1, 0.15) is 10.4 Å². The fourth-order valence-electron chi connectivity index (χ4n) is 2.37. The molecule has 0 atom stereocenters. The van der Waals surface area contributed by atoms with Gasteiger partial charge in [-0.2, -0.15) is 0 Å². The van der Waals surface area contributed by atoms with E-state index >= 15 is 0 Å². The molecule has 0 amide bonds. The summed E-state index contributed by atoms with van der Waals surface area (Å²) in [6.07, 6.45) is 0. The normalized spacial score (nSPS) is 10.6. The Morgan fingerprint density at radius 1 is 1.14 bits per heavy atom. The van der Waals surface area contributed by atoms with Gasteiger partial charge >= 0.3 is 5.97 Å². The second kappa shape index (κ2) is 5.37. The Kier molecular flexibility index (Phi) is 3.39. The number of carboxylic acids is 1. The first-order valence-corrected chi connectivity index (χ1v) is 6.55. The van der Waals surface area contributed by atoms with Crippen molar-refractivity contribution in [3.8, 4) is 17.1 Å². The van der Waals surface area contributed by atoms with Crippen LogP contribution in [0.5, 0.6) is 5.75 Å². The SMILES string of the molecule is COc1cccc2oc(-c3ccccc3C(=O)O)cc(=O)c12. The molecule has 0 fully saturated rings. The van der Waals surface area contributed by atoms with Gasteiger partial charge in [-0.05, 0) is 18.2 Å². The number of hydrogen-bond donors (Lipinski definition) is 1. The monoisotopic (exact) mass is 296 g/mol. The molecular weight excluding hydrogens is 284 g/mol. The Bertz CT molecular complexity index is 924. The van der Waals surface area contributed by atoms with E-state index in [1.807, 2.05) is 0 Å². The van der Waals surface area contributed by atoms with Gasteiger partial charge in [-0.3, -0.25) is 4.79 Å². The van der Waals surface area contributed by atoms with Gasteiger partial charge in [-0.25, -0.2) is 4.79 Å². The fourth-order valence-corrected chi connectivity index (χ4v) is 2.37. The number of methoxy groups -OCH3 is 1. The number of hydrogen-bond acceptors (Lipinski definition) is 4. The maximum atomic E-state index is 12.3. The van der Waals surface area contributed by atoms with E-state index in [4.69, 9.17) is 9.15 Å². The summed E-state index contributed by atoms with van der Waals surface area (Å²) >= 11 is 0. The zero-order valence-electron chi connectivity index (χ0n) is 11.7. The molecule has 2 aromatic carbocycles. The van der Waals surface area contributed by atoms with E-state index in [0.717, 1.165) is 0 Å². The molecule has 0 aliphatic rings. The van der Waals surface area contributed by atoms with Gasteiger partial charge in [0.2, 0.25) is 0 Å². The lowest BCUT2D eigenvalue weighted by Gasteiger charge is -2.08. The van der Waals surface area contributed by atoms with E-state index in [1.165, 1.54) is 19.2 Å². The van der Waals surface area contributed by atoms with Crippen LogP contribution in [0.4, 0.5) is 0 Å². The minimum absolute atomic E-state index is 0.0768. The Morgan fingerprint density at radius 2 is 1.91 bits per heavy atom. The molecule has 3 rings (SSSR count). The summed E-state index contributed by atoms with van der Waals surface area (Å²) < 4.78 is 10.9. The highest BCUT2D eigenvalue weighted by atomic mass is 16.5. The van der Waals surface area contributed by atoms with Crippen molar-refractivity contribution in [1.82, 2.24) is 0 Å². The maximum absolute atomic E-state index is 12.3. The summed E-state index contributed by atoms with van der Waals surface area (Å²) in [7, 11) is 1.47. The van der Waals surface area contributed by atoms with E-state index in [2.05, 4.69) is 0 Å². The second-order valence-electron chi connectivity index (χ2n) is 4.66. The average molecular weight is 296 g/mol. The molecule has 1 heterocycles. The molecule has 0 radical (unpaired) electrons. The van der Waals surface area contributed by atoms with E-state index in [9.17, 15) is 14.7 Å². The molecule has 1 aromatic heterocycles. The third-order valence-electron chi connectivity index (χ3n) is 3.36. The first-order chi connectivity index (χ1) is 10.6. The lowest BCUT2D eigenvalue weighted by molar-refractivity contribution is 0.0697. The van der Waals surface area contributed by atoms with E-state index in [1.54, 1.807) is 36.4 Å². The van der Waals surface area contributed by atoms with E-state index in [0.29, 0.717) is 22.3 Å². The van der Waals surface area contributed by atoms with Crippen LogP contribution in [-0.2, 0) is 0 Å². The zero-order valence-corrected chi connectivity index (χ0v) is 11.7. The van der Waals surface area contributed by atoms with Crippen molar-refractivity contribution in [2.75, 3.05) is 7.11 Å². The van der Waals surface area contributed by atoms with Crippen LogP contribution in [0.2, 0.25) is 0 Å². The molecule has 1 N–H and O–H groups in total. The maximum Gasteiger partial charge on any atom is 0.336 e. The lowest BCUT2D eigenvalue weighted by Crippen LogP contribution is -2.04. The first-order valence-electron chi connectivity index (χ1n) is 6.55. The zero-order chi connectivity index (χ0) is 15.7.